The summed E-state index contributed by atoms with van der Waals surface area (Å²) >= 11 is 1.32. The number of carbonyl (C=O) groups excluding carboxylic acids is 1. The fourth-order valence-corrected chi connectivity index (χ4v) is 3.04. The summed E-state index contributed by atoms with van der Waals surface area (Å²) in [5.41, 5.74) is 7.14. The van der Waals surface area contributed by atoms with Crippen molar-refractivity contribution in [2.75, 3.05) is 39.5 Å². The van der Waals surface area contributed by atoms with Gasteiger partial charge in [0.1, 0.15) is 15.2 Å². The van der Waals surface area contributed by atoms with Crippen LogP contribution in [0.2, 0.25) is 0 Å². The van der Waals surface area contributed by atoms with E-state index < -0.39 is 0 Å². The van der Waals surface area contributed by atoms with Crippen LogP contribution in [-0.2, 0) is 0 Å². The Morgan fingerprint density at radius 3 is 2.57 bits per heavy atom. The van der Waals surface area contributed by atoms with Crippen LogP contribution in [0.15, 0.2) is 12.4 Å². The lowest BCUT2D eigenvalue weighted by Gasteiger charge is -2.23. The molecule has 2 N–H and O–H groups in total. The van der Waals surface area contributed by atoms with E-state index in [2.05, 4.69) is 21.8 Å². The van der Waals surface area contributed by atoms with Crippen molar-refractivity contribution >= 4 is 33.3 Å². The number of rotatable bonds is 6. The van der Waals surface area contributed by atoms with Crippen molar-refractivity contribution in [3.8, 4) is 0 Å². The van der Waals surface area contributed by atoms with Crippen molar-refractivity contribution < 1.29 is 4.79 Å². The quantitative estimate of drug-likeness (QED) is 0.879. The van der Waals surface area contributed by atoms with Crippen LogP contribution in [0.4, 0.5) is 5.69 Å². The summed E-state index contributed by atoms with van der Waals surface area (Å²) in [5.74, 6) is -0.0269. The molecule has 2 aromatic heterocycles. The number of nitrogens with zero attached hydrogens (tertiary/aromatic N) is 4. The van der Waals surface area contributed by atoms with E-state index in [9.17, 15) is 4.79 Å². The van der Waals surface area contributed by atoms with Gasteiger partial charge in [0.05, 0.1) is 5.69 Å². The summed E-state index contributed by atoms with van der Waals surface area (Å²) in [6, 6.07) is 0. The first-order chi connectivity index (χ1) is 10.0. The molecule has 0 saturated heterocycles. The molecule has 0 aromatic carbocycles. The molecule has 2 heterocycles. The summed E-state index contributed by atoms with van der Waals surface area (Å²) in [6.45, 7) is 4.30. The van der Waals surface area contributed by atoms with Gasteiger partial charge in [-0.25, -0.2) is 9.97 Å². The van der Waals surface area contributed by atoms with E-state index in [-0.39, 0.29) is 5.91 Å². The third-order valence-corrected chi connectivity index (χ3v) is 4.25. The number of nitrogen functional groups attached to an aromatic ring is 1. The molecule has 0 aliphatic carbocycles. The van der Waals surface area contributed by atoms with Gasteiger partial charge in [-0.05, 0) is 20.5 Å². The molecule has 0 aliphatic rings. The van der Waals surface area contributed by atoms with E-state index in [4.69, 9.17) is 5.73 Å². The first-order valence-corrected chi connectivity index (χ1v) is 7.79. The van der Waals surface area contributed by atoms with Crippen LogP contribution in [0.5, 0.6) is 0 Å². The topological polar surface area (TPSA) is 75.3 Å². The lowest BCUT2D eigenvalue weighted by Crippen LogP contribution is -2.37. The maximum atomic E-state index is 12.7. The molecule has 7 heteroatoms. The SMILES string of the molecule is CCCN(CCN(C)C)C(=O)c1sc2nccnc2c1N. The van der Waals surface area contributed by atoms with Crippen LogP contribution in [0.25, 0.3) is 10.3 Å². The summed E-state index contributed by atoms with van der Waals surface area (Å²) in [7, 11) is 3.99. The zero-order chi connectivity index (χ0) is 15.4. The van der Waals surface area contributed by atoms with Gasteiger partial charge in [0.25, 0.3) is 5.91 Å². The molecule has 0 unspecified atom stereocenters. The number of hydrogen-bond donors (Lipinski definition) is 1. The molecule has 0 atom stereocenters. The molecule has 6 nitrogen and oxygen atoms in total. The average Bonchev–Trinajstić information content (AvgIpc) is 2.80. The maximum absolute atomic E-state index is 12.7. The third-order valence-electron chi connectivity index (χ3n) is 3.16. The lowest BCUT2D eigenvalue weighted by atomic mass is 10.3. The first-order valence-electron chi connectivity index (χ1n) is 6.97. The molecule has 0 spiro atoms. The Balaban J connectivity index is 2.27. The minimum atomic E-state index is -0.0269. The monoisotopic (exact) mass is 307 g/mol. The van der Waals surface area contributed by atoms with Gasteiger partial charge in [0, 0.05) is 32.0 Å². The van der Waals surface area contributed by atoms with Crippen molar-refractivity contribution in [2.45, 2.75) is 13.3 Å². The van der Waals surface area contributed by atoms with E-state index in [1.54, 1.807) is 12.4 Å². The Bertz CT molecular complexity index is 625. The van der Waals surface area contributed by atoms with E-state index in [1.807, 2.05) is 19.0 Å². The molecule has 0 aliphatic heterocycles. The Hall–Kier alpha value is -1.73. The standard InChI is InChI=1S/C14H21N5OS/c1-4-7-19(9-8-18(2)3)14(20)12-10(15)11-13(21-12)17-6-5-16-11/h5-6H,4,7-9,15H2,1-3H3. The minimum absolute atomic E-state index is 0.0269. The summed E-state index contributed by atoms with van der Waals surface area (Å²) < 4.78 is 0. The summed E-state index contributed by atoms with van der Waals surface area (Å²) in [6.07, 6.45) is 4.12. The average molecular weight is 307 g/mol. The molecule has 0 saturated carbocycles. The summed E-state index contributed by atoms with van der Waals surface area (Å²) in [5, 5.41) is 0. The lowest BCUT2D eigenvalue weighted by molar-refractivity contribution is 0.0751. The fourth-order valence-electron chi connectivity index (χ4n) is 2.05. The van der Waals surface area contributed by atoms with Crippen molar-refractivity contribution in [1.82, 2.24) is 19.8 Å². The van der Waals surface area contributed by atoms with Gasteiger partial charge < -0.3 is 15.5 Å². The normalized spacial score (nSPS) is 11.2. The van der Waals surface area contributed by atoms with Gasteiger partial charge >= 0.3 is 0 Å². The third kappa shape index (κ3) is 3.48. The first kappa shape index (κ1) is 15.7. The van der Waals surface area contributed by atoms with Gasteiger partial charge in [0.15, 0.2) is 0 Å². The van der Waals surface area contributed by atoms with Crippen molar-refractivity contribution in [3.05, 3.63) is 17.3 Å². The van der Waals surface area contributed by atoms with E-state index in [0.29, 0.717) is 27.5 Å². The highest BCUT2D eigenvalue weighted by atomic mass is 32.1. The molecule has 2 rings (SSSR count). The number of likely N-dealkylation sites (N-methyl/N-ethyl adjacent to an activating group) is 1. The Kier molecular flexibility index (Phi) is 5.08. The molecule has 21 heavy (non-hydrogen) atoms. The Morgan fingerprint density at radius 2 is 1.95 bits per heavy atom. The molecule has 1 amide bonds. The number of anilines is 1. The second-order valence-corrected chi connectivity index (χ2v) is 6.15. The van der Waals surface area contributed by atoms with E-state index >= 15 is 0 Å². The van der Waals surface area contributed by atoms with Crippen LogP contribution in [0.1, 0.15) is 23.0 Å². The Labute approximate surface area is 128 Å². The van der Waals surface area contributed by atoms with Gasteiger partial charge in [-0.15, -0.1) is 11.3 Å². The van der Waals surface area contributed by atoms with Crippen LogP contribution >= 0.6 is 11.3 Å². The van der Waals surface area contributed by atoms with Crippen molar-refractivity contribution in [3.63, 3.8) is 0 Å². The minimum Gasteiger partial charge on any atom is -0.396 e. The highest BCUT2D eigenvalue weighted by molar-refractivity contribution is 7.21. The predicted molar refractivity (Wildman–Crippen MR) is 86.6 cm³/mol. The molecule has 0 fully saturated rings. The van der Waals surface area contributed by atoms with Crippen LogP contribution in [0.3, 0.4) is 0 Å². The van der Waals surface area contributed by atoms with E-state index in [0.717, 1.165) is 19.5 Å². The van der Waals surface area contributed by atoms with Gasteiger partial charge in [0.2, 0.25) is 0 Å². The number of aromatic nitrogens is 2. The highest BCUT2D eigenvalue weighted by Crippen LogP contribution is 2.31. The van der Waals surface area contributed by atoms with Crippen LogP contribution in [0, 0.1) is 0 Å². The molecule has 2 aromatic rings. The molecular formula is C14H21N5OS. The second kappa shape index (κ2) is 6.82. The molecular weight excluding hydrogens is 286 g/mol. The molecule has 0 radical (unpaired) electrons. The molecule has 0 bridgehead atoms. The largest absolute Gasteiger partial charge is 0.396 e. The van der Waals surface area contributed by atoms with Crippen LogP contribution in [-0.4, -0.2) is 59.4 Å². The predicted octanol–water partition coefficient (Wildman–Crippen LogP) is 1.69. The number of carbonyl (C=O) groups is 1. The number of amides is 1. The number of fused-ring (bicyclic) bond motifs is 1. The van der Waals surface area contributed by atoms with Gasteiger partial charge in [-0.2, -0.15) is 0 Å². The van der Waals surface area contributed by atoms with Gasteiger partial charge in [-0.1, -0.05) is 6.92 Å². The number of hydrogen-bond acceptors (Lipinski definition) is 6. The fraction of sp³-hybridized carbons (Fsp3) is 0.500. The maximum Gasteiger partial charge on any atom is 0.266 e. The zero-order valence-electron chi connectivity index (χ0n) is 12.7. The van der Waals surface area contributed by atoms with Crippen LogP contribution < -0.4 is 5.73 Å². The van der Waals surface area contributed by atoms with E-state index in [1.165, 1.54) is 11.3 Å². The van der Waals surface area contributed by atoms with Gasteiger partial charge in [-0.3, -0.25) is 4.79 Å². The van der Waals surface area contributed by atoms with Crippen molar-refractivity contribution in [2.24, 2.45) is 0 Å². The zero-order valence-corrected chi connectivity index (χ0v) is 13.5. The molecule has 114 valence electrons. The second-order valence-electron chi connectivity index (χ2n) is 5.15. The van der Waals surface area contributed by atoms with Crippen molar-refractivity contribution in [1.29, 1.82) is 0 Å². The smallest absolute Gasteiger partial charge is 0.266 e. The number of nitrogens with two attached hydrogens (primary N) is 1. The highest BCUT2D eigenvalue weighted by Gasteiger charge is 2.22. The number of thiophene rings is 1. The Morgan fingerprint density at radius 1 is 1.24 bits per heavy atom. The summed E-state index contributed by atoms with van der Waals surface area (Å²) in [4.78, 5) is 26.3.